The van der Waals surface area contributed by atoms with Crippen molar-refractivity contribution in [1.29, 1.82) is 0 Å². The van der Waals surface area contributed by atoms with Crippen LogP contribution in [0.4, 0.5) is 0 Å². The first-order valence-corrected chi connectivity index (χ1v) is 9.58. The van der Waals surface area contributed by atoms with Crippen LogP contribution in [0.2, 0.25) is 0 Å². The number of Topliss-reactive ketones (excluding diaryl/α,β-unsaturated/α-hetero) is 2. The first kappa shape index (κ1) is 20.3. The molecule has 0 radical (unpaired) electrons. The van der Waals surface area contributed by atoms with Crippen LogP contribution in [0.5, 0.6) is 11.5 Å². The zero-order valence-corrected chi connectivity index (χ0v) is 16.4. The number of hydrogen-bond acceptors (Lipinski definition) is 4. The molecule has 0 heterocycles. The molecule has 0 unspecified atom stereocenters. The summed E-state index contributed by atoms with van der Waals surface area (Å²) in [5, 5.41) is 9.67. The standard InChI is InChI=1S/C25H24O4/c1-29-24-16-18(13-15-22(24)27)12-14-21(26)17-23(28)25(19-8-4-2-5-9-19)20-10-6-3-7-11-20/h2-11,13,15-16,25,27H,12,14,17H2,1H3. The van der Waals surface area contributed by atoms with Crippen molar-refractivity contribution in [3.8, 4) is 11.5 Å². The van der Waals surface area contributed by atoms with Gasteiger partial charge < -0.3 is 9.84 Å². The summed E-state index contributed by atoms with van der Waals surface area (Å²) in [6.07, 6.45) is 0.643. The molecule has 0 aliphatic carbocycles. The Morgan fingerprint density at radius 2 is 1.48 bits per heavy atom. The van der Waals surface area contributed by atoms with E-state index in [0.717, 1.165) is 16.7 Å². The Kier molecular flexibility index (Phi) is 6.80. The second-order valence-electron chi connectivity index (χ2n) is 6.94. The first-order valence-electron chi connectivity index (χ1n) is 9.58. The summed E-state index contributed by atoms with van der Waals surface area (Å²) in [7, 11) is 1.48. The van der Waals surface area contributed by atoms with Crippen LogP contribution in [-0.2, 0) is 16.0 Å². The fourth-order valence-corrected chi connectivity index (χ4v) is 3.40. The number of methoxy groups -OCH3 is 1. The molecule has 1 N–H and O–H groups in total. The molecule has 3 aromatic carbocycles. The highest BCUT2D eigenvalue weighted by Gasteiger charge is 2.24. The van der Waals surface area contributed by atoms with E-state index >= 15 is 0 Å². The molecular formula is C25H24O4. The average molecular weight is 388 g/mol. The van der Waals surface area contributed by atoms with E-state index in [9.17, 15) is 14.7 Å². The Hall–Kier alpha value is -3.40. The number of aromatic hydroxyl groups is 1. The minimum atomic E-state index is -0.449. The fraction of sp³-hybridized carbons (Fsp3) is 0.200. The molecule has 0 fully saturated rings. The van der Waals surface area contributed by atoms with Gasteiger partial charge in [0, 0.05) is 6.42 Å². The lowest BCUT2D eigenvalue weighted by atomic mass is 9.85. The van der Waals surface area contributed by atoms with Gasteiger partial charge in [-0.2, -0.15) is 0 Å². The van der Waals surface area contributed by atoms with E-state index < -0.39 is 5.92 Å². The second-order valence-corrected chi connectivity index (χ2v) is 6.94. The molecule has 0 aliphatic heterocycles. The predicted molar refractivity (Wildman–Crippen MR) is 112 cm³/mol. The zero-order valence-electron chi connectivity index (χ0n) is 16.4. The van der Waals surface area contributed by atoms with Crippen LogP contribution in [0.25, 0.3) is 0 Å². The van der Waals surface area contributed by atoms with Crippen molar-refractivity contribution in [2.45, 2.75) is 25.2 Å². The Balaban J connectivity index is 1.69. The summed E-state index contributed by atoms with van der Waals surface area (Å²) in [4.78, 5) is 25.6. The molecule has 0 bridgehead atoms. The maximum absolute atomic E-state index is 13.0. The van der Waals surface area contributed by atoms with Gasteiger partial charge in [-0.15, -0.1) is 0 Å². The lowest BCUT2D eigenvalue weighted by Crippen LogP contribution is -2.18. The Morgan fingerprint density at radius 1 is 0.897 bits per heavy atom. The zero-order chi connectivity index (χ0) is 20.6. The summed E-state index contributed by atoms with van der Waals surface area (Å²) in [5.41, 5.74) is 2.66. The molecule has 29 heavy (non-hydrogen) atoms. The van der Waals surface area contributed by atoms with Gasteiger partial charge in [0.2, 0.25) is 0 Å². The number of ketones is 2. The van der Waals surface area contributed by atoms with Crippen molar-refractivity contribution in [1.82, 2.24) is 0 Å². The topological polar surface area (TPSA) is 63.6 Å². The van der Waals surface area contributed by atoms with Crippen molar-refractivity contribution in [2.24, 2.45) is 0 Å². The third kappa shape index (κ3) is 5.32. The van der Waals surface area contributed by atoms with Crippen molar-refractivity contribution >= 4 is 11.6 Å². The van der Waals surface area contributed by atoms with Crippen LogP contribution in [0.15, 0.2) is 78.9 Å². The summed E-state index contributed by atoms with van der Waals surface area (Å²) in [5.74, 6) is -0.213. The van der Waals surface area contributed by atoms with Crippen LogP contribution >= 0.6 is 0 Å². The normalized spacial score (nSPS) is 10.7. The van der Waals surface area contributed by atoms with E-state index in [1.165, 1.54) is 7.11 Å². The van der Waals surface area contributed by atoms with Gasteiger partial charge in [-0.25, -0.2) is 0 Å². The number of carbonyl (C=O) groups excluding carboxylic acids is 2. The van der Waals surface area contributed by atoms with Crippen molar-refractivity contribution in [3.05, 3.63) is 95.6 Å². The molecule has 3 aromatic rings. The van der Waals surface area contributed by atoms with Crippen LogP contribution in [0, 0.1) is 0 Å². The molecule has 4 nitrogen and oxygen atoms in total. The molecule has 148 valence electrons. The van der Waals surface area contributed by atoms with E-state index in [2.05, 4.69) is 0 Å². The molecule has 3 rings (SSSR count). The van der Waals surface area contributed by atoms with Crippen LogP contribution in [-0.4, -0.2) is 23.8 Å². The van der Waals surface area contributed by atoms with Gasteiger partial charge >= 0.3 is 0 Å². The van der Waals surface area contributed by atoms with Gasteiger partial charge in [0.05, 0.1) is 19.4 Å². The Bertz CT molecular complexity index is 925. The van der Waals surface area contributed by atoms with E-state index in [4.69, 9.17) is 4.74 Å². The smallest absolute Gasteiger partial charge is 0.160 e. The molecule has 0 saturated heterocycles. The number of phenols is 1. The summed E-state index contributed by atoms with van der Waals surface area (Å²) >= 11 is 0. The highest BCUT2D eigenvalue weighted by atomic mass is 16.5. The van der Waals surface area contributed by atoms with Gasteiger partial charge in [0.15, 0.2) is 17.3 Å². The molecule has 4 heteroatoms. The molecule has 0 aromatic heterocycles. The predicted octanol–water partition coefficient (Wildman–Crippen LogP) is 4.69. The number of ether oxygens (including phenoxy) is 1. The number of phenolic OH excluding ortho intramolecular Hbond substituents is 1. The maximum atomic E-state index is 13.0. The quantitative estimate of drug-likeness (QED) is 0.540. The number of benzene rings is 3. The van der Waals surface area contributed by atoms with Crippen LogP contribution in [0.3, 0.4) is 0 Å². The minimum Gasteiger partial charge on any atom is -0.504 e. The first-order chi connectivity index (χ1) is 14.1. The molecule has 0 aliphatic rings. The molecule has 0 saturated carbocycles. The summed E-state index contributed by atoms with van der Waals surface area (Å²) in [6, 6.07) is 24.1. The van der Waals surface area contributed by atoms with Crippen LogP contribution < -0.4 is 4.74 Å². The van der Waals surface area contributed by atoms with Crippen molar-refractivity contribution in [2.75, 3.05) is 7.11 Å². The van der Waals surface area contributed by atoms with Gasteiger partial charge in [0.1, 0.15) is 5.78 Å². The third-order valence-electron chi connectivity index (χ3n) is 4.90. The van der Waals surface area contributed by atoms with Crippen molar-refractivity contribution < 1.29 is 19.4 Å². The van der Waals surface area contributed by atoms with E-state index in [0.29, 0.717) is 12.2 Å². The van der Waals surface area contributed by atoms with E-state index in [1.807, 2.05) is 60.7 Å². The second kappa shape index (κ2) is 9.69. The van der Waals surface area contributed by atoms with Crippen LogP contribution in [0.1, 0.15) is 35.4 Å². The minimum absolute atomic E-state index is 0.0614. The fourth-order valence-electron chi connectivity index (χ4n) is 3.40. The molecule has 0 atom stereocenters. The van der Waals surface area contributed by atoms with E-state index in [-0.39, 0.29) is 30.2 Å². The van der Waals surface area contributed by atoms with Crippen molar-refractivity contribution in [3.63, 3.8) is 0 Å². The third-order valence-corrected chi connectivity index (χ3v) is 4.90. The highest BCUT2D eigenvalue weighted by Crippen LogP contribution is 2.28. The van der Waals surface area contributed by atoms with E-state index in [1.54, 1.807) is 18.2 Å². The number of aryl methyl sites for hydroxylation is 1. The van der Waals surface area contributed by atoms with Gasteiger partial charge in [-0.1, -0.05) is 66.7 Å². The summed E-state index contributed by atoms with van der Waals surface area (Å²) < 4.78 is 5.10. The lowest BCUT2D eigenvalue weighted by molar-refractivity contribution is -0.127. The summed E-state index contributed by atoms with van der Waals surface area (Å²) in [6.45, 7) is 0. The number of carbonyl (C=O) groups is 2. The SMILES string of the molecule is COc1cc(CCC(=O)CC(=O)C(c2ccccc2)c2ccccc2)ccc1O. The molecule has 0 amide bonds. The maximum Gasteiger partial charge on any atom is 0.160 e. The van der Waals surface area contributed by atoms with Gasteiger partial charge in [0.25, 0.3) is 0 Å². The lowest BCUT2D eigenvalue weighted by Gasteiger charge is -2.16. The van der Waals surface area contributed by atoms with Gasteiger partial charge in [-0.3, -0.25) is 9.59 Å². The average Bonchev–Trinajstić information content (AvgIpc) is 2.75. The number of hydrogen-bond donors (Lipinski definition) is 1. The largest absolute Gasteiger partial charge is 0.504 e. The highest BCUT2D eigenvalue weighted by molar-refractivity contribution is 6.03. The monoisotopic (exact) mass is 388 g/mol. The Labute approximate surface area is 170 Å². The Morgan fingerprint density at radius 3 is 2.03 bits per heavy atom. The number of rotatable bonds is 9. The molecular weight excluding hydrogens is 364 g/mol. The molecule has 0 spiro atoms. The van der Waals surface area contributed by atoms with Gasteiger partial charge in [-0.05, 0) is 35.2 Å².